The monoisotopic (exact) mass is 227 g/mol. The Morgan fingerprint density at radius 2 is 2.31 bits per heavy atom. The van der Waals surface area contributed by atoms with Crippen LogP contribution in [0.1, 0.15) is 33.1 Å². The summed E-state index contributed by atoms with van der Waals surface area (Å²) < 4.78 is 0. The molecule has 1 heterocycles. The molecule has 2 atom stereocenters. The van der Waals surface area contributed by atoms with Gasteiger partial charge in [0.2, 0.25) is 11.8 Å². The molecule has 3 N–H and O–H groups in total. The Balaban J connectivity index is 2.68. The smallest absolute Gasteiger partial charge is 0.242 e. The van der Waals surface area contributed by atoms with Crippen LogP contribution in [0.4, 0.5) is 0 Å². The Labute approximate surface area is 96.4 Å². The van der Waals surface area contributed by atoms with Crippen LogP contribution in [0.2, 0.25) is 0 Å². The van der Waals surface area contributed by atoms with Gasteiger partial charge in [-0.15, -0.1) is 0 Å². The van der Waals surface area contributed by atoms with Crippen LogP contribution in [-0.2, 0) is 9.59 Å². The summed E-state index contributed by atoms with van der Waals surface area (Å²) in [5.41, 5.74) is 5.80. The van der Waals surface area contributed by atoms with Gasteiger partial charge < -0.3 is 16.0 Å². The van der Waals surface area contributed by atoms with Crippen molar-refractivity contribution in [3.05, 3.63) is 0 Å². The van der Waals surface area contributed by atoms with Crippen molar-refractivity contribution in [1.29, 1.82) is 0 Å². The second kappa shape index (κ2) is 5.84. The van der Waals surface area contributed by atoms with E-state index in [9.17, 15) is 9.59 Å². The fourth-order valence-corrected chi connectivity index (χ4v) is 2.03. The predicted molar refractivity (Wildman–Crippen MR) is 61.7 cm³/mol. The number of hydrogen-bond acceptors (Lipinski definition) is 3. The van der Waals surface area contributed by atoms with E-state index in [4.69, 9.17) is 5.73 Å². The molecule has 5 nitrogen and oxygen atoms in total. The topological polar surface area (TPSA) is 75.4 Å². The zero-order valence-corrected chi connectivity index (χ0v) is 10.0. The summed E-state index contributed by atoms with van der Waals surface area (Å²) in [6.45, 7) is 4.99. The molecule has 1 aliphatic heterocycles. The van der Waals surface area contributed by atoms with Gasteiger partial charge in [0, 0.05) is 13.1 Å². The lowest BCUT2D eigenvalue weighted by atomic mass is 10.1. The molecule has 1 saturated heterocycles. The molecule has 0 saturated carbocycles. The number of nitrogens with zero attached hydrogens (tertiary/aromatic N) is 1. The lowest BCUT2D eigenvalue weighted by Crippen LogP contribution is -2.59. The van der Waals surface area contributed by atoms with Crippen LogP contribution in [-0.4, -0.2) is 41.9 Å². The number of nitrogens with two attached hydrogens (primary N) is 1. The molecule has 0 radical (unpaired) electrons. The summed E-state index contributed by atoms with van der Waals surface area (Å²) in [5, 5.41) is 2.77. The fourth-order valence-electron chi connectivity index (χ4n) is 2.03. The first-order valence-electron chi connectivity index (χ1n) is 5.95. The molecule has 0 aliphatic carbocycles. The predicted octanol–water partition coefficient (Wildman–Crippen LogP) is -0.149. The van der Waals surface area contributed by atoms with E-state index in [-0.39, 0.29) is 17.9 Å². The van der Waals surface area contributed by atoms with Crippen molar-refractivity contribution in [2.75, 3.05) is 13.1 Å². The van der Waals surface area contributed by atoms with E-state index < -0.39 is 6.04 Å². The lowest BCUT2D eigenvalue weighted by Gasteiger charge is -2.36. The van der Waals surface area contributed by atoms with Crippen molar-refractivity contribution < 1.29 is 9.59 Å². The third-order valence-corrected chi connectivity index (χ3v) is 2.92. The molecule has 1 rings (SSSR count). The van der Waals surface area contributed by atoms with Crippen molar-refractivity contribution in [1.82, 2.24) is 10.2 Å². The fraction of sp³-hybridized carbons (Fsp3) is 0.818. The van der Waals surface area contributed by atoms with Gasteiger partial charge in [-0.1, -0.05) is 20.3 Å². The van der Waals surface area contributed by atoms with Crippen LogP contribution < -0.4 is 11.1 Å². The summed E-state index contributed by atoms with van der Waals surface area (Å²) in [4.78, 5) is 25.2. The Morgan fingerprint density at radius 3 is 2.88 bits per heavy atom. The summed E-state index contributed by atoms with van der Waals surface area (Å²) >= 11 is 0. The van der Waals surface area contributed by atoms with Gasteiger partial charge in [-0.25, -0.2) is 0 Å². The lowest BCUT2D eigenvalue weighted by molar-refractivity contribution is -0.144. The largest absolute Gasteiger partial charge is 0.353 e. The third-order valence-electron chi connectivity index (χ3n) is 2.92. The molecule has 1 aliphatic rings. The highest BCUT2D eigenvalue weighted by Gasteiger charge is 2.33. The van der Waals surface area contributed by atoms with Crippen LogP contribution in [0, 0.1) is 0 Å². The van der Waals surface area contributed by atoms with Crippen LogP contribution in [0.25, 0.3) is 0 Å². The second-order valence-corrected chi connectivity index (χ2v) is 4.14. The van der Waals surface area contributed by atoms with Gasteiger partial charge in [0.05, 0.1) is 6.04 Å². The Morgan fingerprint density at radius 1 is 1.62 bits per heavy atom. The zero-order chi connectivity index (χ0) is 12.1. The third kappa shape index (κ3) is 2.72. The number of carbonyl (C=O) groups is 2. The molecule has 0 aromatic rings. The number of carbonyl (C=O) groups excluding carboxylic acids is 2. The maximum Gasteiger partial charge on any atom is 0.242 e. The molecule has 16 heavy (non-hydrogen) atoms. The standard InChI is InChI=1S/C11H21N3O2/c1-3-5-8(12)11(16)14-7-6-13-10(15)9(14)4-2/h8-9H,3-7,12H2,1-2H3,(H,13,15)/t8-,9?/m1/s1. The number of hydrogen-bond donors (Lipinski definition) is 2. The zero-order valence-electron chi connectivity index (χ0n) is 10.0. The van der Waals surface area contributed by atoms with Gasteiger partial charge in [0.15, 0.2) is 0 Å². The average molecular weight is 227 g/mol. The average Bonchev–Trinajstić information content (AvgIpc) is 2.28. The Kier molecular flexibility index (Phi) is 4.73. The number of nitrogens with one attached hydrogen (secondary N) is 1. The SMILES string of the molecule is CCC[C@@H](N)C(=O)N1CCNC(=O)C1CC. The van der Waals surface area contributed by atoms with Gasteiger partial charge in [-0.3, -0.25) is 9.59 Å². The Hall–Kier alpha value is -1.10. The normalized spacial score (nSPS) is 22.8. The highest BCUT2D eigenvalue weighted by molar-refractivity contribution is 5.90. The molecule has 5 heteroatoms. The first kappa shape index (κ1) is 13.0. The van der Waals surface area contributed by atoms with E-state index in [1.54, 1.807) is 4.90 Å². The summed E-state index contributed by atoms with van der Waals surface area (Å²) in [7, 11) is 0. The van der Waals surface area contributed by atoms with E-state index >= 15 is 0 Å². The molecule has 1 fully saturated rings. The molecule has 92 valence electrons. The van der Waals surface area contributed by atoms with E-state index in [2.05, 4.69) is 5.32 Å². The van der Waals surface area contributed by atoms with Crippen LogP contribution in [0.15, 0.2) is 0 Å². The van der Waals surface area contributed by atoms with Crippen LogP contribution in [0.5, 0.6) is 0 Å². The molecule has 2 amide bonds. The minimum atomic E-state index is -0.468. The molecular formula is C11H21N3O2. The molecular weight excluding hydrogens is 206 g/mol. The van der Waals surface area contributed by atoms with Crippen molar-refractivity contribution in [2.45, 2.75) is 45.2 Å². The molecule has 0 bridgehead atoms. The maximum atomic E-state index is 12.0. The van der Waals surface area contributed by atoms with Crippen molar-refractivity contribution >= 4 is 11.8 Å². The molecule has 0 aromatic carbocycles. The van der Waals surface area contributed by atoms with Crippen LogP contribution in [0.3, 0.4) is 0 Å². The number of rotatable bonds is 4. The quantitative estimate of drug-likeness (QED) is 0.701. The van der Waals surface area contributed by atoms with E-state index in [1.165, 1.54) is 0 Å². The van der Waals surface area contributed by atoms with Crippen molar-refractivity contribution in [3.63, 3.8) is 0 Å². The molecule has 0 aromatic heterocycles. The highest BCUT2D eigenvalue weighted by atomic mass is 16.2. The van der Waals surface area contributed by atoms with E-state index in [0.717, 1.165) is 6.42 Å². The van der Waals surface area contributed by atoms with Gasteiger partial charge in [-0.05, 0) is 12.8 Å². The first-order valence-corrected chi connectivity index (χ1v) is 5.95. The summed E-state index contributed by atoms with van der Waals surface area (Å²) in [5.74, 6) is -0.158. The highest BCUT2D eigenvalue weighted by Crippen LogP contribution is 2.11. The van der Waals surface area contributed by atoms with E-state index in [0.29, 0.717) is 25.9 Å². The van der Waals surface area contributed by atoms with Gasteiger partial charge in [-0.2, -0.15) is 0 Å². The maximum absolute atomic E-state index is 12.0. The van der Waals surface area contributed by atoms with E-state index in [1.807, 2.05) is 13.8 Å². The number of amides is 2. The Bertz CT molecular complexity index is 268. The molecule has 1 unspecified atom stereocenters. The molecule has 0 spiro atoms. The van der Waals surface area contributed by atoms with Crippen LogP contribution >= 0.6 is 0 Å². The minimum Gasteiger partial charge on any atom is -0.353 e. The van der Waals surface area contributed by atoms with Crippen molar-refractivity contribution in [3.8, 4) is 0 Å². The number of piperazine rings is 1. The van der Waals surface area contributed by atoms with Crippen molar-refractivity contribution in [2.24, 2.45) is 5.73 Å². The minimum absolute atomic E-state index is 0.0641. The first-order chi connectivity index (χ1) is 7.61. The summed E-state index contributed by atoms with van der Waals surface area (Å²) in [6.07, 6.45) is 2.19. The summed E-state index contributed by atoms with van der Waals surface area (Å²) in [6, 6.07) is -0.811. The van der Waals surface area contributed by atoms with Gasteiger partial charge in [0.25, 0.3) is 0 Å². The van der Waals surface area contributed by atoms with Gasteiger partial charge in [0.1, 0.15) is 6.04 Å². The van der Waals surface area contributed by atoms with Gasteiger partial charge >= 0.3 is 0 Å². The second-order valence-electron chi connectivity index (χ2n) is 4.14.